The smallest absolute Gasteiger partial charge is 0.0649 e. The molecule has 0 saturated carbocycles. The molecule has 0 heterocycles. The van der Waals surface area contributed by atoms with E-state index in [2.05, 4.69) is 21.6 Å². The van der Waals surface area contributed by atoms with E-state index in [4.69, 9.17) is 0 Å². The average Bonchev–Trinajstić information content (AvgIpc) is 1.41. The third-order valence-corrected chi connectivity index (χ3v) is 0.789. The highest BCUT2D eigenvalue weighted by Crippen LogP contribution is 1.78. The van der Waals surface area contributed by atoms with Crippen LogP contribution < -0.4 is 0 Å². The molecule has 0 radical (unpaired) electrons. The molecule has 0 fully saturated rings. The van der Waals surface area contributed by atoms with E-state index in [0.29, 0.717) is 0 Å². The lowest BCUT2D eigenvalue weighted by molar-refractivity contribution is 1.02. The highest BCUT2D eigenvalue weighted by Gasteiger charge is 1.67. The second kappa shape index (κ2) is 4.17. The molecule has 5 heavy (non-hydrogen) atoms. The van der Waals surface area contributed by atoms with Crippen molar-refractivity contribution >= 4 is 14.7 Å². The normalized spacial score (nSPS) is 7.40. The molecule has 0 aromatic rings. The summed E-state index contributed by atoms with van der Waals surface area (Å²) in [6, 6.07) is 0. The van der Waals surface area contributed by atoms with Crippen LogP contribution in [0.4, 0.5) is 0 Å². The Morgan fingerprint density at radius 3 is 2.40 bits per heavy atom. The molecule has 0 aromatic heterocycles. The molecular weight excluding hydrogens is 79.0 g/mol. The van der Waals surface area contributed by atoms with E-state index in [1.165, 1.54) is 12.8 Å². The van der Waals surface area contributed by atoms with Crippen LogP contribution in [-0.4, -0.2) is 5.80 Å². The van der Waals surface area contributed by atoms with Crippen LogP contribution in [0.15, 0.2) is 0 Å². The second-order valence-corrected chi connectivity index (χ2v) is 1.50. The first-order valence-corrected chi connectivity index (χ1v) is 2.62. The van der Waals surface area contributed by atoms with Gasteiger partial charge in [-0.25, -0.2) is 0 Å². The topological polar surface area (TPSA) is 0 Å². The average molecular weight is 89.1 g/mol. The van der Waals surface area contributed by atoms with Gasteiger partial charge in [0.15, 0.2) is 0 Å². The van der Waals surface area contributed by atoms with Gasteiger partial charge in [0.25, 0.3) is 0 Å². The molecule has 1 atom stereocenters. The fraction of sp³-hybridized carbons (Fsp3) is 0.750. The Kier molecular flexibility index (Phi) is 4.31. The largest absolute Gasteiger partial charge is 0.0803 e. The molecule has 0 aromatic carbocycles. The van der Waals surface area contributed by atoms with Crippen LogP contribution in [0.3, 0.4) is 0 Å². The summed E-state index contributed by atoms with van der Waals surface area (Å²) in [6.07, 6.45) is 2.49. The number of rotatable bonds is 2. The Hall–Kier alpha value is 0.170. The molecule has 1 unspecified atom stereocenters. The van der Waals surface area contributed by atoms with Crippen molar-refractivity contribution in [3.63, 3.8) is 0 Å². The first-order chi connectivity index (χ1) is 2.41. The van der Waals surface area contributed by atoms with Crippen LogP contribution in [0.1, 0.15) is 19.8 Å². The highest BCUT2D eigenvalue weighted by atomic mass is 31.0. The minimum absolute atomic E-state index is 1.23. The molecule has 0 nitrogen and oxygen atoms in total. The van der Waals surface area contributed by atoms with Gasteiger partial charge < -0.3 is 0 Å². The predicted molar refractivity (Wildman–Crippen MR) is 30.7 cm³/mol. The van der Waals surface area contributed by atoms with Crippen LogP contribution >= 0.6 is 8.86 Å². The summed E-state index contributed by atoms with van der Waals surface area (Å²) in [5.74, 6) is 2.10. The summed E-state index contributed by atoms with van der Waals surface area (Å²) in [7, 11) is 2.57. The van der Waals surface area contributed by atoms with Crippen LogP contribution in [-0.2, 0) is 0 Å². The van der Waals surface area contributed by atoms with Crippen molar-refractivity contribution in [2.24, 2.45) is 0 Å². The van der Waals surface area contributed by atoms with Gasteiger partial charge in [-0.2, -0.15) is 0 Å². The Morgan fingerprint density at radius 2 is 2.40 bits per heavy atom. The molecule has 0 N–H and O–H groups in total. The van der Waals surface area contributed by atoms with Gasteiger partial charge in [-0.05, 0) is 6.42 Å². The van der Waals surface area contributed by atoms with Crippen molar-refractivity contribution in [2.45, 2.75) is 19.8 Å². The molecule has 0 spiro atoms. The van der Waals surface area contributed by atoms with Crippen molar-refractivity contribution in [1.82, 2.24) is 0 Å². The zero-order valence-electron chi connectivity index (χ0n) is 3.57. The van der Waals surface area contributed by atoms with Gasteiger partial charge in [0.1, 0.15) is 0 Å². The van der Waals surface area contributed by atoms with Gasteiger partial charge in [-0.15, -0.1) is 0 Å². The summed E-state index contributed by atoms with van der Waals surface area (Å²) >= 11 is 0. The van der Waals surface area contributed by atoms with Gasteiger partial charge in [0.2, 0.25) is 0 Å². The Labute approximate surface area is 35.4 Å². The van der Waals surface area contributed by atoms with Crippen LogP contribution in [0.25, 0.3) is 0 Å². The lowest BCUT2D eigenvalue weighted by Gasteiger charge is -1.67. The molecule has 1 heteroatoms. The standard InChI is InChI=1S/C4H9P/c1-2-3-4-5/h4-5H,2-3H2,1H3/p+1. The minimum Gasteiger partial charge on any atom is -0.0649 e. The van der Waals surface area contributed by atoms with E-state index in [1.54, 1.807) is 0 Å². The lowest BCUT2D eigenvalue weighted by atomic mass is 10.4. The van der Waals surface area contributed by atoms with Crippen LogP contribution in [0, 0.1) is 0 Å². The fourth-order valence-corrected chi connectivity index (χ4v) is 0.500. The zero-order chi connectivity index (χ0) is 4.12. The van der Waals surface area contributed by atoms with Crippen molar-refractivity contribution in [3.8, 4) is 0 Å². The second-order valence-electron chi connectivity index (χ2n) is 1.02. The molecule has 0 aliphatic carbocycles. The Balaban J connectivity index is 2.40. The Morgan fingerprint density at radius 1 is 1.80 bits per heavy atom. The van der Waals surface area contributed by atoms with Gasteiger partial charge in [-0.1, -0.05) is 6.92 Å². The van der Waals surface area contributed by atoms with Gasteiger partial charge >= 0.3 is 0 Å². The van der Waals surface area contributed by atoms with Crippen molar-refractivity contribution in [1.29, 1.82) is 0 Å². The van der Waals surface area contributed by atoms with Crippen molar-refractivity contribution in [3.05, 3.63) is 0 Å². The third-order valence-electron chi connectivity index (χ3n) is 0.455. The molecule has 30 valence electrons. The van der Waals surface area contributed by atoms with Crippen LogP contribution in [0.2, 0.25) is 0 Å². The van der Waals surface area contributed by atoms with E-state index < -0.39 is 0 Å². The molecule has 0 aliphatic rings. The quantitative estimate of drug-likeness (QED) is 0.449. The first-order valence-electron chi connectivity index (χ1n) is 1.95. The molecule has 0 bridgehead atoms. The molecule has 0 aliphatic heterocycles. The predicted octanol–water partition coefficient (Wildman–Crippen LogP) is 1.46. The molecule has 0 rings (SSSR count). The third kappa shape index (κ3) is 4.17. The monoisotopic (exact) mass is 89.1 g/mol. The molecular formula is C4H10P+. The first kappa shape index (κ1) is 5.17. The van der Waals surface area contributed by atoms with E-state index in [-0.39, 0.29) is 0 Å². The van der Waals surface area contributed by atoms with Crippen molar-refractivity contribution < 1.29 is 0 Å². The summed E-state index contributed by atoms with van der Waals surface area (Å²) in [5.41, 5.74) is 0. The maximum atomic E-state index is 2.57. The SMILES string of the molecule is CCCC=[PH2+]. The fourth-order valence-electron chi connectivity index (χ4n) is 0.167. The number of unbranched alkanes of at least 4 members (excludes halogenated alkanes) is 1. The zero-order valence-corrected chi connectivity index (χ0v) is 4.72. The summed E-state index contributed by atoms with van der Waals surface area (Å²) in [5, 5.41) is 0. The lowest BCUT2D eigenvalue weighted by Crippen LogP contribution is -1.60. The van der Waals surface area contributed by atoms with E-state index >= 15 is 0 Å². The van der Waals surface area contributed by atoms with E-state index in [1.807, 2.05) is 0 Å². The van der Waals surface area contributed by atoms with E-state index in [0.717, 1.165) is 0 Å². The van der Waals surface area contributed by atoms with Crippen LogP contribution in [0.5, 0.6) is 0 Å². The maximum Gasteiger partial charge on any atom is 0.0803 e. The van der Waals surface area contributed by atoms with E-state index in [9.17, 15) is 0 Å². The summed E-state index contributed by atoms with van der Waals surface area (Å²) in [4.78, 5) is 0. The number of hydrogen-bond donors (Lipinski definition) is 0. The van der Waals surface area contributed by atoms with Gasteiger partial charge in [0, 0.05) is 6.42 Å². The summed E-state index contributed by atoms with van der Waals surface area (Å²) in [6.45, 7) is 2.17. The maximum absolute atomic E-state index is 2.57. The van der Waals surface area contributed by atoms with Gasteiger partial charge in [0.05, 0.1) is 14.7 Å². The van der Waals surface area contributed by atoms with Gasteiger partial charge in [-0.3, -0.25) is 0 Å². The Bertz CT molecular complexity index is 24.8. The summed E-state index contributed by atoms with van der Waals surface area (Å²) < 4.78 is 0. The molecule has 0 saturated heterocycles. The molecule has 0 amide bonds. The minimum atomic E-state index is 1.23. The number of hydrogen-bond acceptors (Lipinski definition) is 0. The highest BCUT2D eigenvalue weighted by molar-refractivity contribution is 7.18. The van der Waals surface area contributed by atoms with Crippen molar-refractivity contribution in [2.75, 3.05) is 0 Å².